The number of imidazole rings is 1. The maximum Gasteiger partial charge on any atom is 0.335 e. The first kappa shape index (κ1) is 29.3. The normalized spacial score (nSPS) is 14.0. The summed E-state index contributed by atoms with van der Waals surface area (Å²) in [6.07, 6.45) is -0.0700. The van der Waals surface area contributed by atoms with Gasteiger partial charge in [-0.2, -0.15) is 0 Å². The summed E-state index contributed by atoms with van der Waals surface area (Å²) in [5.41, 5.74) is 1.73. The van der Waals surface area contributed by atoms with E-state index in [1.54, 1.807) is 48.9 Å². The SMILES string of the molecule is COC1(Cn2c(Cc3cc(F)c(-c4cccc(OCc5ccc(C)cc5F)n4)cc3F)nc3ccc(C(=O)O)cc32)COC1. The highest BCUT2D eigenvalue weighted by atomic mass is 19.1. The summed E-state index contributed by atoms with van der Waals surface area (Å²) in [7, 11) is 1.56. The van der Waals surface area contributed by atoms with Gasteiger partial charge in [0.25, 0.3) is 0 Å². The van der Waals surface area contributed by atoms with Crippen LogP contribution >= 0.6 is 0 Å². The minimum absolute atomic E-state index is 0.0554. The molecule has 0 spiro atoms. The minimum Gasteiger partial charge on any atom is -0.478 e. The number of ether oxygens (including phenoxy) is 3. The van der Waals surface area contributed by atoms with E-state index in [1.807, 2.05) is 0 Å². The number of pyridine rings is 1. The molecule has 0 atom stereocenters. The van der Waals surface area contributed by atoms with Gasteiger partial charge in [-0.3, -0.25) is 0 Å². The molecule has 5 aromatic rings. The second-order valence-corrected chi connectivity index (χ2v) is 10.8. The number of halogens is 3. The molecule has 44 heavy (non-hydrogen) atoms. The molecule has 3 aromatic carbocycles. The first-order valence-electron chi connectivity index (χ1n) is 13.8. The van der Waals surface area contributed by atoms with E-state index in [-0.39, 0.29) is 47.8 Å². The Bertz CT molecular complexity index is 1880. The number of carboxylic acids is 1. The number of rotatable bonds is 10. The van der Waals surface area contributed by atoms with E-state index in [0.29, 0.717) is 35.6 Å². The molecule has 1 fully saturated rings. The van der Waals surface area contributed by atoms with Crippen LogP contribution in [0.1, 0.15) is 32.9 Å². The molecule has 2 aromatic heterocycles. The Hall–Kier alpha value is -4.74. The maximum absolute atomic E-state index is 15.6. The van der Waals surface area contributed by atoms with Gasteiger partial charge < -0.3 is 23.9 Å². The number of nitrogens with zero attached hydrogens (tertiary/aromatic N) is 3. The van der Waals surface area contributed by atoms with E-state index < -0.39 is 29.0 Å². The van der Waals surface area contributed by atoms with E-state index in [9.17, 15) is 14.3 Å². The van der Waals surface area contributed by atoms with Crippen molar-refractivity contribution in [2.24, 2.45) is 0 Å². The van der Waals surface area contributed by atoms with Crippen LogP contribution in [0.3, 0.4) is 0 Å². The molecule has 1 saturated heterocycles. The van der Waals surface area contributed by atoms with Gasteiger partial charge in [0.05, 0.1) is 42.0 Å². The number of hydrogen-bond donors (Lipinski definition) is 1. The fraction of sp³-hybridized carbons (Fsp3) is 0.242. The molecule has 1 aliphatic rings. The third kappa shape index (κ3) is 5.76. The molecule has 0 saturated carbocycles. The van der Waals surface area contributed by atoms with E-state index in [0.717, 1.165) is 17.7 Å². The van der Waals surface area contributed by atoms with E-state index in [4.69, 9.17) is 14.2 Å². The predicted octanol–water partition coefficient (Wildman–Crippen LogP) is 6.11. The lowest BCUT2D eigenvalue weighted by molar-refractivity contribution is -0.202. The van der Waals surface area contributed by atoms with Crippen LogP contribution in [0, 0.1) is 24.4 Å². The third-order valence-electron chi connectivity index (χ3n) is 7.75. The maximum atomic E-state index is 15.6. The van der Waals surface area contributed by atoms with Crippen molar-refractivity contribution in [3.05, 3.63) is 112 Å². The average molecular weight is 604 g/mol. The number of methoxy groups -OCH3 is 1. The first-order chi connectivity index (χ1) is 21.1. The molecular formula is C33H28F3N3O5. The Kier molecular flexibility index (Phi) is 7.83. The van der Waals surface area contributed by atoms with Crippen molar-refractivity contribution >= 4 is 17.0 Å². The first-order valence-corrected chi connectivity index (χ1v) is 13.8. The highest BCUT2D eigenvalue weighted by molar-refractivity contribution is 5.92. The Morgan fingerprint density at radius 1 is 0.977 bits per heavy atom. The van der Waals surface area contributed by atoms with Crippen LogP contribution in [0.4, 0.5) is 13.2 Å². The number of aryl methyl sites for hydroxylation is 1. The number of aromatic nitrogens is 3. The van der Waals surface area contributed by atoms with Crippen molar-refractivity contribution in [1.82, 2.24) is 14.5 Å². The van der Waals surface area contributed by atoms with Crippen LogP contribution in [0.15, 0.2) is 66.7 Å². The average Bonchev–Trinajstić information content (AvgIpc) is 3.32. The lowest BCUT2D eigenvalue weighted by Crippen LogP contribution is -2.54. The molecule has 6 rings (SSSR count). The molecule has 0 aliphatic carbocycles. The molecule has 3 heterocycles. The van der Waals surface area contributed by atoms with Crippen LogP contribution < -0.4 is 4.74 Å². The second-order valence-electron chi connectivity index (χ2n) is 10.8. The number of benzene rings is 3. The molecular weight excluding hydrogens is 575 g/mol. The zero-order valence-corrected chi connectivity index (χ0v) is 23.9. The second kappa shape index (κ2) is 11.7. The summed E-state index contributed by atoms with van der Waals surface area (Å²) >= 11 is 0. The minimum atomic E-state index is -1.09. The van der Waals surface area contributed by atoms with Crippen LogP contribution in [-0.4, -0.2) is 51.5 Å². The molecule has 1 aliphatic heterocycles. The number of carbonyl (C=O) groups is 1. The van der Waals surface area contributed by atoms with Gasteiger partial charge >= 0.3 is 5.97 Å². The Morgan fingerprint density at radius 2 is 1.77 bits per heavy atom. The van der Waals surface area contributed by atoms with E-state index in [1.165, 1.54) is 24.3 Å². The largest absolute Gasteiger partial charge is 0.478 e. The summed E-state index contributed by atoms with van der Waals surface area (Å²) in [6.45, 7) is 2.64. The fourth-order valence-corrected chi connectivity index (χ4v) is 5.17. The molecule has 8 nitrogen and oxygen atoms in total. The summed E-state index contributed by atoms with van der Waals surface area (Å²) in [6, 6.07) is 16.2. The van der Waals surface area contributed by atoms with Crippen LogP contribution in [0.5, 0.6) is 5.88 Å². The molecule has 0 unspecified atom stereocenters. The van der Waals surface area contributed by atoms with Gasteiger partial charge in [0.2, 0.25) is 5.88 Å². The number of aromatic carboxylic acids is 1. The fourth-order valence-electron chi connectivity index (χ4n) is 5.17. The number of fused-ring (bicyclic) bond motifs is 1. The van der Waals surface area contributed by atoms with Gasteiger partial charge in [-0.25, -0.2) is 27.9 Å². The monoisotopic (exact) mass is 603 g/mol. The zero-order valence-electron chi connectivity index (χ0n) is 23.9. The molecule has 0 radical (unpaired) electrons. The van der Waals surface area contributed by atoms with Crippen LogP contribution in [0.2, 0.25) is 0 Å². The molecule has 0 bridgehead atoms. The quantitative estimate of drug-likeness (QED) is 0.206. The lowest BCUT2D eigenvalue weighted by atomic mass is 10.0. The van der Waals surface area contributed by atoms with Gasteiger partial charge in [0.1, 0.15) is 35.5 Å². The summed E-state index contributed by atoms with van der Waals surface area (Å²) < 4.78 is 63.7. The molecule has 1 N–H and O–H groups in total. The van der Waals surface area contributed by atoms with Gasteiger partial charge in [0, 0.05) is 30.7 Å². The van der Waals surface area contributed by atoms with Crippen LogP contribution in [0.25, 0.3) is 22.3 Å². The summed E-state index contributed by atoms with van der Waals surface area (Å²) in [4.78, 5) is 20.6. The van der Waals surface area contributed by atoms with Crippen molar-refractivity contribution in [2.45, 2.75) is 32.1 Å². The highest BCUT2D eigenvalue weighted by Crippen LogP contribution is 2.31. The molecule has 11 heteroatoms. The van der Waals surface area contributed by atoms with Crippen molar-refractivity contribution in [2.75, 3.05) is 20.3 Å². The van der Waals surface area contributed by atoms with E-state index >= 15 is 8.78 Å². The topological polar surface area (TPSA) is 95.7 Å². The van der Waals surface area contributed by atoms with Crippen molar-refractivity contribution in [1.29, 1.82) is 0 Å². The molecule has 226 valence electrons. The Labute approximate surface area is 250 Å². The van der Waals surface area contributed by atoms with Crippen molar-refractivity contribution in [3.8, 4) is 17.1 Å². The summed E-state index contributed by atoms with van der Waals surface area (Å²) in [5, 5.41) is 9.53. The number of hydrogen-bond acceptors (Lipinski definition) is 6. The van der Waals surface area contributed by atoms with Crippen molar-refractivity contribution in [3.63, 3.8) is 0 Å². The Morgan fingerprint density at radius 3 is 2.48 bits per heavy atom. The smallest absolute Gasteiger partial charge is 0.335 e. The van der Waals surface area contributed by atoms with Crippen molar-refractivity contribution < 1.29 is 37.3 Å². The van der Waals surface area contributed by atoms with Gasteiger partial charge in [0.15, 0.2) is 0 Å². The van der Waals surface area contributed by atoms with Gasteiger partial charge in [-0.15, -0.1) is 0 Å². The third-order valence-corrected chi connectivity index (χ3v) is 7.75. The lowest BCUT2D eigenvalue weighted by Gasteiger charge is -2.40. The zero-order chi connectivity index (χ0) is 31.0. The highest BCUT2D eigenvalue weighted by Gasteiger charge is 2.40. The predicted molar refractivity (Wildman–Crippen MR) is 155 cm³/mol. The Balaban J connectivity index is 1.29. The van der Waals surface area contributed by atoms with Gasteiger partial charge in [-0.1, -0.05) is 18.2 Å². The van der Waals surface area contributed by atoms with Crippen LogP contribution in [-0.2, 0) is 29.0 Å². The number of carboxylic acid groups (broad SMARTS) is 1. The summed E-state index contributed by atoms with van der Waals surface area (Å²) in [5.74, 6) is -2.33. The molecule has 0 amide bonds. The van der Waals surface area contributed by atoms with Gasteiger partial charge in [-0.05, 0) is 60.5 Å². The van der Waals surface area contributed by atoms with E-state index in [2.05, 4.69) is 9.97 Å². The standard InChI is InChI=1S/C33H28F3N3O5/c1-19-6-7-21(24(34)10-19)15-44-31-5-3-4-27(38-31)23-14-25(35)22(11-26(23)36)13-30-37-28-9-8-20(32(40)41)12-29(28)39(30)16-33(42-2)17-43-18-33/h3-12,14H,13,15-18H2,1-2H3,(H,40,41).